The predicted octanol–water partition coefficient (Wildman–Crippen LogP) is 2.91. The lowest BCUT2D eigenvalue weighted by Gasteiger charge is -2.18. The van der Waals surface area contributed by atoms with Crippen molar-refractivity contribution >= 4 is 0 Å². The van der Waals surface area contributed by atoms with Crippen molar-refractivity contribution in [2.75, 3.05) is 27.7 Å². The first-order chi connectivity index (χ1) is 9.17. The molecule has 1 unspecified atom stereocenters. The summed E-state index contributed by atoms with van der Waals surface area (Å²) in [6.45, 7) is 4.32. The van der Waals surface area contributed by atoms with Crippen LogP contribution in [0.1, 0.15) is 31.7 Å². The Morgan fingerprint density at radius 3 is 2.68 bits per heavy atom. The number of para-hydroxylation sites is 1. The first kappa shape index (κ1) is 16.0. The molecule has 0 bridgehead atoms. The Hall–Kier alpha value is -1.06. The van der Waals surface area contributed by atoms with Gasteiger partial charge in [0.15, 0.2) is 0 Å². The van der Waals surface area contributed by atoms with Gasteiger partial charge in [0.1, 0.15) is 5.75 Å². The highest BCUT2D eigenvalue weighted by Crippen LogP contribution is 2.18. The van der Waals surface area contributed by atoms with Gasteiger partial charge in [-0.15, -0.1) is 0 Å². The Bertz CT molecular complexity index is 354. The van der Waals surface area contributed by atoms with E-state index in [9.17, 15) is 0 Å². The second kappa shape index (κ2) is 8.94. The van der Waals surface area contributed by atoms with Crippen LogP contribution in [-0.2, 0) is 6.54 Å². The van der Waals surface area contributed by atoms with Gasteiger partial charge in [-0.1, -0.05) is 24.6 Å². The largest absolute Gasteiger partial charge is 0.496 e. The first-order valence-corrected chi connectivity index (χ1v) is 7.15. The smallest absolute Gasteiger partial charge is 0.123 e. The molecule has 0 spiro atoms. The van der Waals surface area contributed by atoms with Gasteiger partial charge in [0.25, 0.3) is 0 Å². The SMILES string of the molecule is CNC(C)CCCCN(C)Cc1ccccc1OC. The maximum Gasteiger partial charge on any atom is 0.123 e. The molecule has 0 aliphatic carbocycles. The van der Waals surface area contributed by atoms with E-state index in [0.717, 1.165) is 18.8 Å². The summed E-state index contributed by atoms with van der Waals surface area (Å²) in [4.78, 5) is 2.36. The van der Waals surface area contributed by atoms with Gasteiger partial charge in [-0.05, 0) is 46.5 Å². The number of benzene rings is 1. The van der Waals surface area contributed by atoms with Crippen LogP contribution in [0.4, 0.5) is 0 Å². The van der Waals surface area contributed by atoms with Crippen molar-refractivity contribution in [1.29, 1.82) is 0 Å². The summed E-state index contributed by atoms with van der Waals surface area (Å²) in [5.74, 6) is 0.984. The van der Waals surface area contributed by atoms with Gasteiger partial charge < -0.3 is 15.0 Å². The van der Waals surface area contributed by atoms with Crippen LogP contribution in [0.2, 0.25) is 0 Å². The summed E-state index contributed by atoms with van der Waals surface area (Å²) in [6, 6.07) is 8.87. The summed E-state index contributed by atoms with van der Waals surface area (Å²) in [5.41, 5.74) is 1.26. The molecule has 1 aromatic carbocycles. The van der Waals surface area contributed by atoms with E-state index in [1.165, 1.54) is 24.8 Å². The minimum Gasteiger partial charge on any atom is -0.496 e. The van der Waals surface area contributed by atoms with Gasteiger partial charge in [0.05, 0.1) is 7.11 Å². The fourth-order valence-corrected chi connectivity index (χ4v) is 2.18. The molecule has 1 rings (SSSR count). The topological polar surface area (TPSA) is 24.5 Å². The van der Waals surface area contributed by atoms with Crippen molar-refractivity contribution in [3.63, 3.8) is 0 Å². The molecule has 0 radical (unpaired) electrons. The van der Waals surface area contributed by atoms with E-state index in [0.29, 0.717) is 6.04 Å². The van der Waals surface area contributed by atoms with Crippen LogP contribution in [-0.4, -0.2) is 38.7 Å². The zero-order chi connectivity index (χ0) is 14.1. The molecular formula is C16H28N2O. The van der Waals surface area contributed by atoms with Crippen LogP contribution < -0.4 is 10.1 Å². The summed E-state index contributed by atoms with van der Waals surface area (Å²) < 4.78 is 5.38. The predicted molar refractivity (Wildman–Crippen MR) is 81.7 cm³/mol. The summed E-state index contributed by atoms with van der Waals surface area (Å²) in [6.07, 6.45) is 3.77. The molecule has 0 aromatic heterocycles. The fraction of sp³-hybridized carbons (Fsp3) is 0.625. The molecule has 108 valence electrons. The van der Waals surface area contributed by atoms with Gasteiger partial charge >= 0.3 is 0 Å². The average molecular weight is 264 g/mol. The van der Waals surface area contributed by atoms with E-state index in [4.69, 9.17) is 4.74 Å². The summed E-state index contributed by atoms with van der Waals surface area (Å²) in [5, 5.41) is 3.28. The van der Waals surface area contributed by atoms with Crippen molar-refractivity contribution in [3.8, 4) is 5.75 Å². The van der Waals surface area contributed by atoms with Crippen molar-refractivity contribution in [2.24, 2.45) is 0 Å². The van der Waals surface area contributed by atoms with E-state index in [2.05, 4.69) is 36.3 Å². The molecule has 0 saturated heterocycles. The van der Waals surface area contributed by atoms with Crippen LogP contribution in [0.15, 0.2) is 24.3 Å². The minimum absolute atomic E-state index is 0.625. The number of hydrogen-bond acceptors (Lipinski definition) is 3. The van der Waals surface area contributed by atoms with E-state index in [-0.39, 0.29) is 0 Å². The lowest BCUT2D eigenvalue weighted by atomic mass is 10.1. The van der Waals surface area contributed by atoms with E-state index in [1.807, 2.05) is 19.2 Å². The number of methoxy groups -OCH3 is 1. The second-order valence-electron chi connectivity index (χ2n) is 5.24. The molecule has 3 heteroatoms. The average Bonchev–Trinajstić information content (AvgIpc) is 2.43. The molecule has 19 heavy (non-hydrogen) atoms. The Kier molecular flexibility index (Phi) is 7.53. The number of nitrogens with one attached hydrogen (secondary N) is 1. The molecule has 1 atom stereocenters. The molecule has 0 fully saturated rings. The molecule has 0 aliphatic rings. The molecule has 1 N–H and O–H groups in total. The van der Waals surface area contributed by atoms with E-state index < -0.39 is 0 Å². The molecule has 0 amide bonds. The highest BCUT2D eigenvalue weighted by molar-refractivity contribution is 5.32. The third-order valence-corrected chi connectivity index (χ3v) is 3.55. The molecule has 3 nitrogen and oxygen atoms in total. The Morgan fingerprint density at radius 1 is 1.26 bits per heavy atom. The maximum absolute atomic E-state index is 5.38. The minimum atomic E-state index is 0.625. The summed E-state index contributed by atoms with van der Waals surface area (Å²) >= 11 is 0. The third-order valence-electron chi connectivity index (χ3n) is 3.55. The molecular weight excluding hydrogens is 236 g/mol. The maximum atomic E-state index is 5.38. The molecule has 0 heterocycles. The first-order valence-electron chi connectivity index (χ1n) is 7.15. The van der Waals surface area contributed by atoms with Crippen LogP contribution in [0.5, 0.6) is 5.75 Å². The Balaban J connectivity index is 2.29. The normalized spacial score (nSPS) is 12.7. The van der Waals surface area contributed by atoms with Gasteiger partial charge in [0, 0.05) is 18.2 Å². The highest BCUT2D eigenvalue weighted by Gasteiger charge is 2.05. The van der Waals surface area contributed by atoms with Crippen molar-refractivity contribution in [3.05, 3.63) is 29.8 Å². The van der Waals surface area contributed by atoms with Crippen molar-refractivity contribution in [1.82, 2.24) is 10.2 Å². The van der Waals surface area contributed by atoms with Crippen LogP contribution in [0.25, 0.3) is 0 Å². The monoisotopic (exact) mass is 264 g/mol. The van der Waals surface area contributed by atoms with Crippen LogP contribution in [0.3, 0.4) is 0 Å². The zero-order valence-electron chi connectivity index (χ0n) is 12.8. The van der Waals surface area contributed by atoms with Crippen LogP contribution >= 0.6 is 0 Å². The third kappa shape index (κ3) is 6.08. The van der Waals surface area contributed by atoms with E-state index >= 15 is 0 Å². The Labute approximate surface area is 118 Å². The molecule has 0 saturated carbocycles. The zero-order valence-corrected chi connectivity index (χ0v) is 12.8. The number of nitrogens with zero attached hydrogens (tertiary/aromatic N) is 1. The van der Waals surface area contributed by atoms with Gasteiger partial charge in [-0.3, -0.25) is 0 Å². The van der Waals surface area contributed by atoms with Gasteiger partial charge in [0.2, 0.25) is 0 Å². The number of hydrogen-bond donors (Lipinski definition) is 1. The fourth-order valence-electron chi connectivity index (χ4n) is 2.18. The lowest BCUT2D eigenvalue weighted by molar-refractivity contribution is 0.307. The van der Waals surface area contributed by atoms with Gasteiger partial charge in [-0.2, -0.15) is 0 Å². The number of unbranched alkanes of at least 4 members (excludes halogenated alkanes) is 1. The van der Waals surface area contributed by atoms with Crippen LogP contribution in [0, 0.1) is 0 Å². The van der Waals surface area contributed by atoms with Gasteiger partial charge in [-0.25, -0.2) is 0 Å². The number of rotatable bonds is 9. The van der Waals surface area contributed by atoms with Crippen molar-refractivity contribution < 1.29 is 4.74 Å². The Morgan fingerprint density at radius 2 is 2.00 bits per heavy atom. The molecule has 0 aliphatic heterocycles. The van der Waals surface area contributed by atoms with E-state index in [1.54, 1.807) is 7.11 Å². The number of ether oxygens (including phenoxy) is 1. The standard InChI is InChI=1S/C16H28N2O/c1-14(17-2)9-7-8-12-18(3)13-15-10-5-6-11-16(15)19-4/h5-6,10-11,14,17H,7-9,12-13H2,1-4H3. The summed E-state index contributed by atoms with van der Waals surface area (Å²) in [7, 11) is 5.93. The lowest BCUT2D eigenvalue weighted by Crippen LogP contribution is -2.22. The second-order valence-corrected chi connectivity index (χ2v) is 5.24. The highest BCUT2D eigenvalue weighted by atomic mass is 16.5. The molecule has 1 aromatic rings. The van der Waals surface area contributed by atoms with Crippen molar-refractivity contribution in [2.45, 2.75) is 38.8 Å². The quantitative estimate of drug-likeness (QED) is 0.694.